The van der Waals surface area contributed by atoms with Crippen LogP contribution in [0.3, 0.4) is 0 Å². The topological polar surface area (TPSA) is 57.8 Å². The van der Waals surface area contributed by atoms with Crippen LogP contribution in [0.15, 0.2) is 43.6 Å². The van der Waals surface area contributed by atoms with Crippen molar-refractivity contribution >= 4 is 27.7 Å². The molecule has 0 bridgehead atoms. The standard InChI is InChI=1S/C15H18BrN3OS/c1-3-6-17-9-11-4-5-13(12(16)8-11)21-15-18-10(2)7-14(20)19-15/h4-5,7-8,17H,3,6,9H2,1-2H3,(H,18,19,20). The molecule has 21 heavy (non-hydrogen) atoms. The van der Waals surface area contributed by atoms with E-state index in [0.29, 0.717) is 5.16 Å². The lowest BCUT2D eigenvalue weighted by molar-refractivity contribution is 0.675. The quantitative estimate of drug-likeness (QED) is 0.605. The molecule has 0 spiro atoms. The molecule has 2 rings (SSSR count). The second kappa shape index (κ2) is 7.77. The first kappa shape index (κ1) is 16.3. The largest absolute Gasteiger partial charge is 0.313 e. The lowest BCUT2D eigenvalue weighted by atomic mass is 10.2. The third kappa shape index (κ3) is 4.98. The Morgan fingerprint density at radius 2 is 2.19 bits per heavy atom. The zero-order valence-corrected chi connectivity index (χ0v) is 14.5. The number of nitrogens with one attached hydrogen (secondary N) is 2. The van der Waals surface area contributed by atoms with Gasteiger partial charge in [0.15, 0.2) is 5.16 Å². The summed E-state index contributed by atoms with van der Waals surface area (Å²) < 4.78 is 1.01. The lowest BCUT2D eigenvalue weighted by Crippen LogP contribution is -2.13. The summed E-state index contributed by atoms with van der Waals surface area (Å²) in [6.45, 7) is 5.84. The maximum absolute atomic E-state index is 11.5. The highest BCUT2D eigenvalue weighted by Crippen LogP contribution is 2.31. The van der Waals surface area contributed by atoms with Crippen LogP contribution in [0.5, 0.6) is 0 Å². The molecule has 0 aliphatic heterocycles. The minimum absolute atomic E-state index is 0.124. The van der Waals surface area contributed by atoms with Crippen molar-refractivity contribution in [3.8, 4) is 0 Å². The summed E-state index contributed by atoms with van der Waals surface area (Å²) in [4.78, 5) is 19.6. The van der Waals surface area contributed by atoms with Gasteiger partial charge in [0, 0.05) is 27.7 Å². The van der Waals surface area contributed by atoms with E-state index in [1.54, 1.807) is 0 Å². The van der Waals surface area contributed by atoms with Crippen molar-refractivity contribution in [3.63, 3.8) is 0 Å². The van der Waals surface area contributed by atoms with Crippen LogP contribution in [0.4, 0.5) is 0 Å². The first-order chi connectivity index (χ1) is 10.1. The van der Waals surface area contributed by atoms with E-state index in [2.05, 4.69) is 50.3 Å². The van der Waals surface area contributed by atoms with Crippen LogP contribution < -0.4 is 10.9 Å². The minimum atomic E-state index is -0.124. The molecule has 0 aliphatic carbocycles. The summed E-state index contributed by atoms with van der Waals surface area (Å²) in [5.74, 6) is 0. The summed E-state index contributed by atoms with van der Waals surface area (Å²) in [7, 11) is 0. The average molecular weight is 368 g/mol. The predicted molar refractivity (Wildman–Crippen MR) is 89.9 cm³/mol. The highest BCUT2D eigenvalue weighted by atomic mass is 79.9. The summed E-state index contributed by atoms with van der Waals surface area (Å²) >= 11 is 5.03. The molecule has 2 aromatic rings. The molecule has 0 fully saturated rings. The van der Waals surface area contributed by atoms with Crippen molar-refractivity contribution in [2.75, 3.05) is 6.54 Å². The van der Waals surface area contributed by atoms with Gasteiger partial charge in [-0.2, -0.15) is 0 Å². The fourth-order valence-electron chi connectivity index (χ4n) is 1.85. The number of benzene rings is 1. The van der Waals surface area contributed by atoms with Gasteiger partial charge in [0.1, 0.15) is 0 Å². The second-order valence-corrected chi connectivity index (χ2v) is 6.62. The third-order valence-corrected chi connectivity index (χ3v) is 4.69. The van der Waals surface area contributed by atoms with E-state index in [1.807, 2.05) is 13.0 Å². The number of aryl methyl sites for hydroxylation is 1. The van der Waals surface area contributed by atoms with Crippen molar-refractivity contribution in [3.05, 3.63) is 50.3 Å². The Bertz CT molecular complexity index is 672. The molecule has 0 saturated heterocycles. The van der Waals surface area contributed by atoms with Crippen molar-refractivity contribution in [2.45, 2.75) is 36.9 Å². The van der Waals surface area contributed by atoms with Gasteiger partial charge in [0.05, 0.1) is 0 Å². The van der Waals surface area contributed by atoms with Crippen molar-refractivity contribution in [2.24, 2.45) is 0 Å². The SMILES string of the molecule is CCCNCc1ccc(Sc2nc(C)cc(=O)[nH]2)c(Br)c1. The van der Waals surface area contributed by atoms with Gasteiger partial charge in [-0.25, -0.2) is 4.98 Å². The number of aromatic nitrogens is 2. The molecule has 1 heterocycles. The Labute approximate surface area is 136 Å². The van der Waals surface area contributed by atoms with Gasteiger partial charge >= 0.3 is 0 Å². The first-order valence-electron chi connectivity index (χ1n) is 6.83. The maximum Gasteiger partial charge on any atom is 0.251 e. The summed E-state index contributed by atoms with van der Waals surface area (Å²) in [5.41, 5.74) is 1.82. The van der Waals surface area contributed by atoms with Crippen LogP contribution in [-0.4, -0.2) is 16.5 Å². The van der Waals surface area contributed by atoms with Gasteiger partial charge in [0.2, 0.25) is 0 Å². The molecule has 0 radical (unpaired) electrons. The highest BCUT2D eigenvalue weighted by molar-refractivity contribution is 9.10. The molecule has 0 saturated carbocycles. The summed E-state index contributed by atoms with van der Waals surface area (Å²) in [6, 6.07) is 7.71. The van der Waals surface area contributed by atoms with E-state index < -0.39 is 0 Å². The van der Waals surface area contributed by atoms with Crippen molar-refractivity contribution in [1.29, 1.82) is 0 Å². The lowest BCUT2D eigenvalue weighted by Gasteiger charge is -2.08. The van der Waals surface area contributed by atoms with Crippen LogP contribution >= 0.6 is 27.7 Å². The molecule has 1 aromatic carbocycles. The molecular formula is C15H18BrN3OS. The number of hydrogen-bond donors (Lipinski definition) is 2. The number of halogens is 1. The Kier molecular flexibility index (Phi) is 6.02. The van der Waals surface area contributed by atoms with Crippen LogP contribution in [0.25, 0.3) is 0 Å². The van der Waals surface area contributed by atoms with Crippen molar-refractivity contribution < 1.29 is 0 Å². The number of aromatic amines is 1. The Morgan fingerprint density at radius 1 is 1.38 bits per heavy atom. The summed E-state index contributed by atoms with van der Waals surface area (Å²) in [6.07, 6.45) is 1.13. The van der Waals surface area contributed by atoms with E-state index in [1.165, 1.54) is 23.4 Å². The smallest absolute Gasteiger partial charge is 0.251 e. The zero-order valence-electron chi connectivity index (χ0n) is 12.1. The Balaban J connectivity index is 2.11. The Morgan fingerprint density at radius 3 is 2.86 bits per heavy atom. The van der Waals surface area contributed by atoms with Crippen LogP contribution in [-0.2, 0) is 6.54 Å². The molecule has 1 aromatic heterocycles. The number of H-pyrrole nitrogens is 1. The van der Waals surface area contributed by atoms with Crippen LogP contribution in [0.1, 0.15) is 24.6 Å². The van der Waals surface area contributed by atoms with Crippen LogP contribution in [0, 0.1) is 6.92 Å². The highest BCUT2D eigenvalue weighted by Gasteiger charge is 2.06. The maximum atomic E-state index is 11.5. The van der Waals surface area contributed by atoms with Gasteiger partial charge < -0.3 is 10.3 Å². The second-order valence-electron chi connectivity index (χ2n) is 4.74. The van der Waals surface area contributed by atoms with E-state index in [9.17, 15) is 4.79 Å². The molecular weight excluding hydrogens is 350 g/mol. The summed E-state index contributed by atoms with van der Waals surface area (Å²) in [5, 5.41) is 3.98. The van der Waals surface area contributed by atoms with E-state index in [0.717, 1.165) is 34.6 Å². The van der Waals surface area contributed by atoms with Gasteiger partial charge in [-0.15, -0.1) is 0 Å². The monoisotopic (exact) mass is 367 g/mol. The van der Waals surface area contributed by atoms with Gasteiger partial charge in [0.25, 0.3) is 5.56 Å². The van der Waals surface area contributed by atoms with Crippen LogP contribution in [0.2, 0.25) is 0 Å². The minimum Gasteiger partial charge on any atom is -0.313 e. The normalized spacial score (nSPS) is 10.8. The van der Waals surface area contributed by atoms with E-state index in [-0.39, 0.29) is 5.56 Å². The molecule has 2 N–H and O–H groups in total. The Hall–Kier alpha value is -1.11. The molecule has 112 valence electrons. The molecule has 6 heteroatoms. The van der Waals surface area contributed by atoms with Gasteiger partial charge in [-0.05, 0) is 53.5 Å². The van der Waals surface area contributed by atoms with Crippen molar-refractivity contribution in [1.82, 2.24) is 15.3 Å². The number of hydrogen-bond acceptors (Lipinski definition) is 4. The first-order valence-corrected chi connectivity index (χ1v) is 8.44. The van der Waals surface area contributed by atoms with Gasteiger partial charge in [-0.1, -0.05) is 24.8 Å². The fourth-order valence-corrected chi connectivity index (χ4v) is 3.36. The molecule has 0 aliphatic rings. The van der Waals surface area contributed by atoms with E-state index >= 15 is 0 Å². The predicted octanol–water partition coefficient (Wildman–Crippen LogP) is 3.49. The number of nitrogens with zero attached hydrogens (tertiary/aromatic N) is 1. The zero-order chi connectivity index (χ0) is 15.2. The molecule has 0 atom stereocenters. The fraction of sp³-hybridized carbons (Fsp3) is 0.333. The molecule has 0 unspecified atom stereocenters. The third-order valence-electron chi connectivity index (χ3n) is 2.81. The van der Waals surface area contributed by atoms with E-state index in [4.69, 9.17) is 0 Å². The molecule has 4 nitrogen and oxygen atoms in total. The number of rotatable bonds is 6. The average Bonchev–Trinajstić information content (AvgIpc) is 2.41. The molecule has 0 amide bonds. The van der Waals surface area contributed by atoms with Gasteiger partial charge in [-0.3, -0.25) is 4.79 Å².